The number of aromatic amines is 2. The van der Waals surface area contributed by atoms with E-state index < -0.39 is 10.0 Å². The number of para-hydroxylation sites is 2. The standard InChI is InChI=1S/C13H15N5O2S/c1-9-12(8-14-18-9)21(19,20)15-7-6-13-16-10-4-2-3-5-11(10)17-13/h2-5,8,15H,6-7H2,1H3,(H,14,18)(H,16,17). The van der Waals surface area contributed by atoms with E-state index in [9.17, 15) is 8.42 Å². The second kappa shape index (κ2) is 5.30. The van der Waals surface area contributed by atoms with Crippen LogP contribution in [0.5, 0.6) is 0 Å². The lowest BCUT2D eigenvalue weighted by Crippen LogP contribution is -2.26. The first-order valence-corrected chi connectivity index (χ1v) is 7.98. The summed E-state index contributed by atoms with van der Waals surface area (Å²) < 4.78 is 26.7. The number of aryl methyl sites for hydroxylation is 1. The molecule has 0 radical (unpaired) electrons. The normalized spacial score (nSPS) is 12.0. The highest BCUT2D eigenvalue weighted by Gasteiger charge is 2.17. The summed E-state index contributed by atoms with van der Waals surface area (Å²) >= 11 is 0. The third-order valence-corrected chi connectivity index (χ3v) is 4.74. The van der Waals surface area contributed by atoms with Gasteiger partial charge in [-0.25, -0.2) is 18.1 Å². The molecule has 0 amide bonds. The molecule has 0 aliphatic heterocycles. The molecule has 0 saturated heterocycles. The Balaban J connectivity index is 1.67. The van der Waals surface area contributed by atoms with Gasteiger partial charge in [0.15, 0.2) is 0 Å². The van der Waals surface area contributed by atoms with Crippen molar-refractivity contribution >= 4 is 21.1 Å². The minimum absolute atomic E-state index is 0.173. The zero-order valence-corrected chi connectivity index (χ0v) is 12.2. The highest BCUT2D eigenvalue weighted by atomic mass is 32.2. The van der Waals surface area contributed by atoms with Crippen molar-refractivity contribution < 1.29 is 8.42 Å². The molecule has 2 heterocycles. The van der Waals surface area contributed by atoms with E-state index in [1.54, 1.807) is 6.92 Å². The quantitative estimate of drug-likeness (QED) is 0.657. The predicted octanol–water partition coefficient (Wildman–Crippen LogP) is 1.12. The summed E-state index contributed by atoms with van der Waals surface area (Å²) in [4.78, 5) is 7.74. The first-order valence-electron chi connectivity index (χ1n) is 6.49. The van der Waals surface area contributed by atoms with Crippen LogP contribution in [0.15, 0.2) is 35.4 Å². The van der Waals surface area contributed by atoms with Gasteiger partial charge < -0.3 is 4.98 Å². The number of imidazole rings is 1. The van der Waals surface area contributed by atoms with Crippen molar-refractivity contribution in [3.63, 3.8) is 0 Å². The summed E-state index contributed by atoms with van der Waals surface area (Å²) in [5, 5.41) is 6.33. The summed E-state index contributed by atoms with van der Waals surface area (Å²) in [5.41, 5.74) is 2.34. The maximum atomic E-state index is 12.1. The number of nitrogens with zero attached hydrogens (tertiary/aromatic N) is 2. The van der Waals surface area contributed by atoms with E-state index in [1.807, 2.05) is 24.3 Å². The lowest BCUT2D eigenvalue weighted by Gasteiger charge is -2.04. The molecule has 8 heteroatoms. The largest absolute Gasteiger partial charge is 0.342 e. The van der Waals surface area contributed by atoms with Crippen LogP contribution in [-0.4, -0.2) is 35.1 Å². The third-order valence-electron chi connectivity index (χ3n) is 3.17. The van der Waals surface area contributed by atoms with Crippen molar-refractivity contribution in [2.75, 3.05) is 6.54 Å². The van der Waals surface area contributed by atoms with Gasteiger partial charge in [-0.1, -0.05) is 12.1 Å². The summed E-state index contributed by atoms with van der Waals surface area (Å²) in [6, 6.07) is 7.69. The molecule has 3 N–H and O–H groups in total. The van der Waals surface area contributed by atoms with Gasteiger partial charge in [-0.3, -0.25) is 5.10 Å². The Bertz CT molecular complexity index is 832. The second-order valence-corrected chi connectivity index (χ2v) is 6.44. The molecular formula is C13H15N5O2S. The van der Waals surface area contributed by atoms with Crippen molar-refractivity contribution in [2.24, 2.45) is 0 Å². The first kappa shape index (κ1) is 13.8. The van der Waals surface area contributed by atoms with Gasteiger partial charge in [0.1, 0.15) is 10.7 Å². The van der Waals surface area contributed by atoms with Gasteiger partial charge in [-0.2, -0.15) is 5.10 Å². The van der Waals surface area contributed by atoms with E-state index in [0.717, 1.165) is 16.9 Å². The lowest BCUT2D eigenvalue weighted by molar-refractivity contribution is 0.580. The number of benzene rings is 1. The molecule has 0 saturated carbocycles. The number of hydrogen-bond acceptors (Lipinski definition) is 4. The van der Waals surface area contributed by atoms with E-state index in [4.69, 9.17) is 0 Å². The van der Waals surface area contributed by atoms with Crippen LogP contribution in [0, 0.1) is 6.92 Å². The number of aromatic nitrogens is 4. The fourth-order valence-electron chi connectivity index (χ4n) is 2.12. The minimum atomic E-state index is -3.53. The van der Waals surface area contributed by atoms with Crippen LogP contribution >= 0.6 is 0 Å². The average molecular weight is 305 g/mol. The van der Waals surface area contributed by atoms with Crippen LogP contribution in [-0.2, 0) is 16.4 Å². The van der Waals surface area contributed by atoms with Crippen LogP contribution in [0.4, 0.5) is 0 Å². The van der Waals surface area contributed by atoms with E-state index >= 15 is 0 Å². The monoisotopic (exact) mass is 305 g/mol. The molecule has 0 spiro atoms. The zero-order valence-electron chi connectivity index (χ0n) is 11.4. The van der Waals surface area contributed by atoms with Crippen molar-refractivity contribution in [1.29, 1.82) is 0 Å². The molecule has 3 rings (SSSR count). The van der Waals surface area contributed by atoms with Crippen LogP contribution in [0.3, 0.4) is 0 Å². The number of fused-ring (bicyclic) bond motifs is 1. The average Bonchev–Trinajstić information content (AvgIpc) is 3.04. The van der Waals surface area contributed by atoms with E-state index in [2.05, 4.69) is 24.9 Å². The Morgan fingerprint density at radius 3 is 2.81 bits per heavy atom. The third kappa shape index (κ3) is 2.81. The molecule has 1 aromatic carbocycles. The summed E-state index contributed by atoms with van der Waals surface area (Å²) in [6.45, 7) is 1.94. The van der Waals surface area contributed by atoms with Gasteiger partial charge >= 0.3 is 0 Å². The van der Waals surface area contributed by atoms with Crippen LogP contribution in [0.1, 0.15) is 11.5 Å². The number of rotatable bonds is 5. The molecule has 0 unspecified atom stereocenters. The van der Waals surface area contributed by atoms with Gasteiger partial charge in [-0.15, -0.1) is 0 Å². The molecular weight excluding hydrogens is 290 g/mol. The number of sulfonamides is 1. The Morgan fingerprint density at radius 2 is 2.10 bits per heavy atom. The zero-order chi connectivity index (χ0) is 14.9. The molecule has 0 atom stereocenters. The topological polar surface area (TPSA) is 104 Å². The Hall–Kier alpha value is -2.19. The van der Waals surface area contributed by atoms with Crippen molar-refractivity contribution in [2.45, 2.75) is 18.2 Å². The number of H-pyrrole nitrogens is 2. The molecule has 0 fully saturated rings. The fraction of sp³-hybridized carbons (Fsp3) is 0.231. The highest BCUT2D eigenvalue weighted by molar-refractivity contribution is 7.89. The van der Waals surface area contributed by atoms with E-state index in [-0.39, 0.29) is 11.4 Å². The van der Waals surface area contributed by atoms with Gasteiger partial charge in [0, 0.05) is 13.0 Å². The van der Waals surface area contributed by atoms with Gasteiger partial charge in [0.2, 0.25) is 10.0 Å². The summed E-state index contributed by atoms with van der Waals surface area (Å²) in [6.07, 6.45) is 1.80. The van der Waals surface area contributed by atoms with Crippen LogP contribution < -0.4 is 4.72 Å². The predicted molar refractivity (Wildman–Crippen MR) is 78.3 cm³/mol. The Kier molecular flexibility index (Phi) is 3.48. The highest BCUT2D eigenvalue weighted by Crippen LogP contribution is 2.12. The molecule has 2 aromatic heterocycles. The van der Waals surface area contributed by atoms with Crippen LogP contribution in [0.25, 0.3) is 11.0 Å². The molecule has 0 aliphatic rings. The summed E-state index contributed by atoms with van der Waals surface area (Å²) in [7, 11) is -3.53. The Labute approximate surface area is 121 Å². The van der Waals surface area contributed by atoms with Crippen molar-refractivity contribution in [3.8, 4) is 0 Å². The number of hydrogen-bond donors (Lipinski definition) is 3. The van der Waals surface area contributed by atoms with Crippen LogP contribution in [0.2, 0.25) is 0 Å². The molecule has 21 heavy (non-hydrogen) atoms. The first-order chi connectivity index (χ1) is 10.1. The van der Waals surface area contributed by atoms with Crippen molar-refractivity contribution in [1.82, 2.24) is 24.9 Å². The molecule has 3 aromatic rings. The van der Waals surface area contributed by atoms with E-state index in [0.29, 0.717) is 12.1 Å². The molecule has 0 bridgehead atoms. The molecule has 110 valence electrons. The fourth-order valence-corrected chi connectivity index (χ4v) is 3.28. The van der Waals surface area contributed by atoms with Gasteiger partial charge in [0.25, 0.3) is 0 Å². The lowest BCUT2D eigenvalue weighted by atomic mass is 10.3. The van der Waals surface area contributed by atoms with Crippen molar-refractivity contribution in [3.05, 3.63) is 42.0 Å². The molecule has 0 aliphatic carbocycles. The summed E-state index contributed by atoms with van der Waals surface area (Å²) in [5.74, 6) is 0.753. The van der Waals surface area contributed by atoms with Gasteiger partial charge in [-0.05, 0) is 19.1 Å². The minimum Gasteiger partial charge on any atom is -0.342 e. The smallest absolute Gasteiger partial charge is 0.243 e. The number of nitrogens with one attached hydrogen (secondary N) is 3. The maximum absolute atomic E-state index is 12.1. The molecule has 7 nitrogen and oxygen atoms in total. The SMILES string of the molecule is Cc1[nH]ncc1S(=O)(=O)NCCc1nc2ccccc2[nH]1. The van der Waals surface area contributed by atoms with Gasteiger partial charge in [0.05, 0.1) is 22.9 Å². The second-order valence-electron chi connectivity index (χ2n) is 4.71. The van der Waals surface area contributed by atoms with E-state index in [1.165, 1.54) is 6.20 Å². The Morgan fingerprint density at radius 1 is 1.29 bits per heavy atom. The maximum Gasteiger partial charge on any atom is 0.243 e.